The molecule has 1 rings (SSSR count). The summed E-state index contributed by atoms with van der Waals surface area (Å²) in [6, 6.07) is -0.172. The smallest absolute Gasteiger partial charge is 0.408 e. The molecule has 19 heavy (non-hydrogen) atoms. The molecule has 0 aliphatic rings. The van der Waals surface area contributed by atoms with Crippen LogP contribution in [0.15, 0.2) is 12.5 Å². The van der Waals surface area contributed by atoms with E-state index in [1.165, 1.54) is 0 Å². The molecule has 0 saturated heterocycles. The van der Waals surface area contributed by atoms with Gasteiger partial charge in [0.2, 0.25) is 0 Å². The second-order valence-corrected chi connectivity index (χ2v) is 5.37. The highest BCUT2D eigenvalue weighted by Crippen LogP contribution is 2.13. The molecular weight excluding hydrogens is 246 g/mol. The summed E-state index contributed by atoms with van der Waals surface area (Å²) >= 11 is 0. The van der Waals surface area contributed by atoms with Crippen LogP contribution in [0.4, 0.5) is 4.79 Å². The Hall–Kier alpha value is -1.56. The molecular formula is C13H23N3O3. The van der Waals surface area contributed by atoms with Gasteiger partial charge in [0.05, 0.1) is 30.9 Å². The molecule has 0 saturated carbocycles. The minimum atomic E-state index is -0.500. The van der Waals surface area contributed by atoms with Crippen molar-refractivity contribution >= 4 is 6.09 Å². The van der Waals surface area contributed by atoms with Crippen molar-refractivity contribution in [3.63, 3.8) is 0 Å². The second-order valence-electron chi connectivity index (χ2n) is 5.37. The van der Waals surface area contributed by atoms with Gasteiger partial charge in [0, 0.05) is 13.7 Å². The van der Waals surface area contributed by atoms with E-state index in [1.54, 1.807) is 19.6 Å². The van der Waals surface area contributed by atoms with Gasteiger partial charge in [-0.2, -0.15) is 0 Å². The zero-order chi connectivity index (χ0) is 14.5. The van der Waals surface area contributed by atoms with E-state index in [4.69, 9.17) is 9.47 Å². The third kappa shape index (κ3) is 5.30. The molecule has 1 atom stereocenters. The van der Waals surface area contributed by atoms with Crippen molar-refractivity contribution in [3.05, 3.63) is 18.2 Å². The third-order valence-electron chi connectivity index (χ3n) is 2.46. The van der Waals surface area contributed by atoms with E-state index in [9.17, 15) is 4.79 Å². The summed E-state index contributed by atoms with van der Waals surface area (Å²) in [6.07, 6.45) is 3.03. The molecule has 0 fully saturated rings. The standard InChI is InChI=1S/C13H23N3O3/c1-10(15-12(17)19-13(2,3)4)11-8-14-9-16(11)6-7-18-5/h8-10H,6-7H2,1-5H3,(H,15,17)/t10-/m1/s1. The van der Waals surface area contributed by atoms with E-state index in [1.807, 2.05) is 32.3 Å². The molecule has 6 heteroatoms. The zero-order valence-corrected chi connectivity index (χ0v) is 12.3. The lowest BCUT2D eigenvalue weighted by molar-refractivity contribution is 0.0506. The maximum absolute atomic E-state index is 11.7. The number of nitrogens with zero attached hydrogens (tertiary/aromatic N) is 2. The molecule has 0 spiro atoms. The van der Waals surface area contributed by atoms with Gasteiger partial charge in [0.1, 0.15) is 5.60 Å². The fourth-order valence-electron chi connectivity index (χ4n) is 1.63. The first-order valence-electron chi connectivity index (χ1n) is 6.32. The average Bonchev–Trinajstić information content (AvgIpc) is 2.71. The van der Waals surface area contributed by atoms with Crippen LogP contribution in [0.3, 0.4) is 0 Å². The topological polar surface area (TPSA) is 65.4 Å². The minimum absolute atomic E-state index is 0.172. The number of hydrogen-bond donors (Lipinski definition) is 1. The van der Waals surface area contributed by atoms with Crippen molar-refractivity contribution in [3.8, 4) is 0 Å². The first-order valence-corrected chi connectivity index (χ1v) is 6.32. The van der Waals surface area contributed by atoms with Crippen LogP contribution in [0.2, 0.25) is 0 Å². The molecule has 0 radical (unpaired) electrons. The van der Waals surface area contributed by atoms with E-state index in [0.29, 0.717) is 13.2 Å². The summed E-state index contributed by atoms with van der Waals surface area (Å²) < 4.78 is 12.2. The van der Waals surface area contributed by atoms with Crippen LogP contribution in [0, 0.1) is 0 Å². The Morgan fingerprint density at radius 3 is 2.79 bits per heavy atom. The number of methoxy groups -OCH3 is 1. The molecule has 1 N–H and O–H groups in total. The first kappa shape index (κ1) is 15.5. The van der Waals surface area contributed by atoms with E-state index < -0.39 is 11.7 Å². The summed E-state index contributed by atoms with van der Waals surface area (Å²) in [6.45, 7) is 8.69. The summed E-state index contributed by atoms with van der Waals surface area (Å²) in [5, 5.41) is 2.79. The quantitative estimate of drug-likeness (QED) is 0.889. The number of amides is 1. The maximum Gasteiger partial charge on any atom is 0.408 e. The predicted molar refractivity (Wildman–Crippen MR) is 71.9 cm³/mol. The van der Waals surface area contributed by atoms with Crippen molar-refractivity contribution < 1.29 is 14.3 Å². The fraction of sp³-hybridized carbons (Fsp3) is 0.692. The summed E-state index contributed by atoms with van der Waals surface area (Å²) in [5.74, 6) is 0. The predicted octanol–water partition coefficient (Wildman–Crippen LogP) is 2.12. The van der Waals surface area contributed by atoms with Crippen molar-refractivity contribution in [2.45, 2.75) is 45.9 Å². The second kappa shape index (κ2) is 6.56. The van der Waals surface area contributed by atoms with Crippen LogP contribution in [-0.4, -0.2) is 35.0 Å². The number of nitrogens with one attached hydrogen (secondary N) is 1. The third-order valence-corrected chi connectivity index (χ3v) is 2.46. The first-order chi connectivity index (χ1) is 8.83. The Balaban J connectivity index is 2.60. The van der Waals surface area contributed by atoms with Gasteiger partial charge in [-0.1, -0.05) is 0 Å². The van der Waals surface area contributed by atoms with Crippen molar-refractivity contribution in [1.29, 1.82) is 0 Å². The van der Waals surface area contributed by atoms with Gasteiger partial charge in [-0.3, -0.25) is 0 Å². The highest BCUT2D eigenvalue weighted by atomic mass is 16.6. The van der Waals surface area contributed by atoms with Crippen LogP contribution >= 0.6 is 0 Å². The lowest BCUT2D eigenvalue weighted by Gasteiger charge is -2.22. The monoisotopic (exact) mass is 269 g/mol. The lowest BCUT2D eigenvalue weighted by Crippen LogP contribution is -2.34. The molecule has 0 aromatic carbocycles. The van der Waals surface area contributed by atoms with Gasteiger partial charge in [-0.05, 0) is 27.7 Å². The highest BCUT2D eigenvalue weighted by molar-refractivity contribution is 5.68. The highest BCUT2D eigenvalue weighted by Gasteiger charge is 2.19. The van der Waals surface area contributed by atoms with Crippen LogP contribution in [-0.2, 0) is 16.0 Å². The number of hydrogen-bond acceptors (Lipinski definition) is 4. The molecule has 6 nitrogen and oxygen atoms in total. The van der Waals surface area contributed by atoms with Gasteiger partial charge in [0.25, 0.3) is 0 Å². The lowest BCUT2D eigenvalue weighted by atomic mass is 10.2. The van der Waals surface area contributed by atoms with Crippen LogP contribution < -0.4 is 5.32 Å². The Morgan fingerprint density at radius 1 is 1.53 bits per heavy atom. The normalized spacial score (nSPS) is 13.1. The number of carbonyl (C=O) groups is 1. The van der Waals surface area contributed by atoms with Crippen molar-refractivity contribution in [2.24, 2.45) is 0 Å². The number of rotatable bonds is 5. The molecule has 0 aliphatic heterocycles. The number of ether oxygens (including phenoxy) is 2. The Labute approximate surface area is 114 Å². The van der Waals surface area contributed by atoms with Crippen molar-refractivity contribution in [2.75, 3.05) is 13.7 Å². The zero-order valence-electron chi connectivity index (χ0n) is 12.3. The Kier molecular flexibility index (Phi) is 5.35. The molecule has 1 aromatic heterocycles. The van der Waals surface area contributed by atoms with E-state index in [2.05, 4.69) is 10.3 Å². The summed E-state index contributed by atoms with van der Waals surface area (Å²) in [4.78, 5) is 15.8. The average molecular weight is 269 g/mol. The minimum Gasteiger partial charge on any atom is -0.444 e. The van der Waals surface area contributed by atoms with Gasteiger partial charge < -0.3 is 19.4 Å². The Morgan fingerprint density at radius 2 is 2.21 bits per heavy atom. The molecule has 0 bridgehead atoms. The number of alkyl carbamates (subject to hydrolysis) is 1. The summed E-state index contributed by atoms with van der Waals surface area (Å²) in [5.41, 5.74) is 0.419. The van der Waals surface area contributed by atoms with E-state index in [0.717, 1.165) is 5.69 Å². The fourth-order valence-corrected chi connectivity index (χ4v) is 1.63. The van der Waals surface area contributed by atoms with Crippen LogP contribution in [0.1, 0.15) is 39.4 Å². The largest absolute Gasteiger partial charge is 0.444 e. The van der Waals surface area contributed by atoms with Gasteiger partial charge in [-0.15, -0.1) is 0 Å². The van der Waals surface area contributed by atoms with Crippen molar-refractivity contribution in [1.82, 2.24) is 14.9 Å². The Bertz CT molecular complexity index is 410. The van der Waals surface area contributed by atoms with Gasteiger partial charge in [-0.25, -0.2) is 9.78 Å². The number of aromatic nitrogens is 2. The molecule has 0 unspecified atom stereocenters. The van der Waals surface area contributed by atoms with Gasteiger partial charge >= 0.3 is 6.09 Å². The van der Waals surface area contributed by atoms with Crippen LogP contribution in [0.5, 0.6) is 0 Å². The number of carbonyl (C=O) groups excluding carboxylic acids is 1. The maximum atomic E-state index is 11.7. The van der Waals surface area contributed by atoms with Crippen LogP contribution in [0.25, 0.3) is 0 Å². The molecule has 1 heterocycles. The summed E-state index contributed by atoms with van der Waals surface area (Å²) in [7, 11) is 1.65. The molecule has 1 amide bonds. The molecule has 1 aromatic rings. The molecule has 0 aliphatic carbocycles. The van der Waals surface area contributed by atoms with E-state index in [-0.39, 0.29) is 6.04 Å². The van der Waals surface area contributed by atoms with E-state index >= 15 is 0 Å². The molecule has 108 valence electrons. The SMILES string of the molecule is COCCn1cncc1[C@@H](C)NC(=O)OC(C)(C)C. The number of imidazole rings is 1. The van der Waals surface area contributed by atoms with Gasteiger partial charge in [0.15, 0.2) is 0 Å².